The van der Waals surface area contributed by atoms with Crippen LogP contribution >= 0.6 is 11.8 Å². The maximum Gasteiger partial charge on any atom is 0.256 e. The van der Waals surface area contributed by atoms with Gasteiger partial charge in [-0.3, -0.25) is 4.68 Å². The number of aromatic nitrogens is 5. The highest BCUT2D eigenvalue weighted by atomic mass is 32.2. The number of oxazole rings is 1. The Kier molecular flexibility index (Phi) is 3.31. The molecule has 3 rings (SSSR count). The molecule has 3 aromatic rings. The Morgan fingerprint density at radius 1 is 1.35 bits per heavy atom. The van der Waals surface area contributed by atoms with Gasteiger partial charge in [0.2, 0.25) is 0 Å². The van der Waals surface area contributed by atoms with Crippen molar-refractivity contribution in [2.24, 2.45) is 7.05 Å². The Labute approximate surface area is 119 Å². The molecule has 0 saturated carbocycles. The number of fused-ring (bicyclic) bond motifs is 1. The predicted molar refractivity (Wildman–Crippen MR) is 76.7 cm³/mol. The molecule has 0 atom stereocenters. The first-order chi connectivity index (χ1) is 9.67. The lowest BCUT2D eigenvalue weighted by Gasteiger charge is -2.04. The fourth-order valence-electron chi connectivity index (χ4n) is 1.85. The fraction of sp³-hybridized carbons (Fsp3) is 0.333. The summed E-state index contributed by atoms with van der Waals surface area (Å²) < 4.78 is 7.04. The minimum Gasteiger partial charge on any atom is -0.440 e. The molecule has 3 aromatic heterocycles. The number of hydrogen-bond acceptors (Lipinski definition) is 7. The lowest BCUT2D eigenvalue weighted by molar-refractivity contribution is 0.454. The van der Waals surface area contributed by atoms with Crippen LogP contribution in [-0.2, 0) is 12.8 Å². The van der Waals surface area contributed by atoms with Crippen LogP contribution in [0.1, 0.15) is 11.5 Å². The molecule has 0 radical (unpaired) electrons. The second kappa shape index (κ2) is 5.12. The second-order valence-corrected chi connectivity index (χ2v) is 5.21. The minimum absolute atomic E-state index is 0.593. The smallest absolute Gasteiger partial charge is 0.256 e. The van der Waals surface area contributed by atoms with Crippen molar-refractivity contribution in [2.45, 2.75) is 17.9 Å². The van der Waals surface area contributed by atoms with E-state index in [2.05, 4.69) is 25.4 Å². The zero-order valence-electron chi connectivity index (χ0n) is 11.4. The molecule has 1 N–H and O–H groups in total. The van der Waals surface area contributed by atoms with Gasteiger partial charge in [-0.05, 0) is 6.92 Å². The van der Waals surface area contributed by atoms with Crippen LogP contribution in [0.2, 0.25) is 0 Å². The van der Waals surface area contributed by atoms with E-state index in [1.807, 2.05) is 21.0 Å². The highest BCUT2D eigenvalue weighted by Crippen LogP contribution is 2.24. The SMILES string of the molecule is CNc1nc(CSc2nc(C)co2)nc2c1cnn2C. The summed E-state index contributed by atoms with van der Waals surface area (Å²) in [6, 6.07) is 0. The third kappa shape index (κ3) is 2.34. The number of hydrogen-bond donors (Lipinski definition) is 1. The van der Waals surface area contributed by atoms with Crippen molar-refractivity contribution in [2.75, 3.05) is 12.4 Å². The maximum absolute atomic E-state index is 5.30. The Hall–Kier alpha value is -2.09. The summed E-state index contributed by atoms with van der Waals surface area (Å²) in [5.41, 5.74) is 1.68. The molecule has 0 aliphatic rings. The number of anilines is 1. The molecule has 0 fully saturated rings. The van der Waals surface area contributed by atoms with Crippen LogP contribution in [0.4, 0.5) is 5.82 Å². The van der Waals surface area contributed by atoms with E-state index >= 15 is 0 Å². The van der Waals surface area contributed by atoms with Gasteiger partial charge in [-0.15, -0.1) is 0 Å². The van der Waals surface area contributed by atoms with Crippen molar-refractivity contribution < 1.29 is 4.42 Å². The van der Waals surface area contributed by atoms with Gasteiger partial charge in [0, 0.05) is 14.1 Å². The molecule has 0 aliphatic heterocycles. The number of rotatable bonds is 4. The molecule has 104 valence electrons. The number of aryl methyl sites for hydroxylation is 2. The van der Waals surface area contributed by atoms with Gasteiger partial charge in [0.05, 0.1) is 23.0 Å². The van der Waals surface area contributed by atoms with Gasteiger partial charge >= 0.3 is 0 Å². The first-order valence-electron chi connectivity index (χ1n) is 6.08. The molecule has 0 bridgehead atoms. The summed E-state index contributed by atoms with van der Waals surface area (Å²) in [6.45, 7) is 1.89. The van der Waals surface area contributed by atoms with E-state index in [0.717, 1.165) is 22.5 Å². The standard InChI is InChI=1S/C12H14N6OS/c1-7-5-19-12(15-7)20-6-9-16-10(13-2)8-4-14-18(3)11(8)17-9/h4-5H,6H2,1-3H3,(H,13,16,17). The molecule has 0 unspecified atom stereocenters. The van der Waals surface area contributed by atoms with Gasteiger partial charge in [-0.1, -0.05) is 11.8 Å². The molecule has 0 aromatic carbocycles. The third-order valence-electron chi connectivity index (χ3n) is 2.80. The van der Waals surface area contributed by atoms with Gasteiger partial charge in [-0.2, -0.15) is 5.10 Å². The largest absolute Gasteiger partial charge is 0.440 e. The molecular formula is C12H14N6OS. The van der Waals surface area contributed by atoms with Crippen molar-refractivity contribution in [3.05, 3.63) is 24.0 Å². The van der Waals surface area contributed by atoms with Crippen molar-refractivity contribution in [3.8, 4) is 0 Å². The molecule has 0 spiro atoms. The molecule has 0 amide bonds. The zero-order valence-corrected chi connectivity index (χ0v) is 12.2. The van der Waals surface area contributed by atoms with Crippen molar-refractivity contribution in [3.63, 3.8) is 0 Å². The normalized spacial score (nSPS) is 11.2. The Morgan fingerprint density at radius 3 is 2.90 bits per heavy atom. The predicted octanol–water partition coefficient (Wildman–Crippen LogP) is 1.99. The molecule has 7 nitrogen and oxygen atoms in total. The lowest BCUT2D eigenvalue weighted by atomic mass is 10.4. The lowest BCUT2D eigenvalue weighted by Crippen LogP contribution is -2.02. The van der Waals surface area contributed by atoms with E-state index in [0.29, 0.717) is 16.8 Å². The molecule has 0 aliphatic carbocycles. The quantitative estimate of drug-likeness (QED) is 0.736. The molecule has 8 heteroatoms. The highest BCUT2D eigenvalue weighted by Gasteiger charge is 2.11. The van der Waals surface area contributed by atoms with Crippen LogP contribution in [-0.4, -0.2) is 31.8 Å². The fourth-order valence-corrected chi connectivity index (χ4v) is 2.55. The van der Waals surface area contributed by atoms with Crippen molar-refractivity contribution in [1.82, 2.24) is 24.7 Å². The summed E-state index contributed by atoms with van der Waals surface area (Å²) in [4.78, 5) is 13.3. The van der Waals surface area contributed by atoms with Crippen LogP contribution in [0.25, 0.3) is 11.0 Å². The average molecular weight is 290 g/mol. The topological polar surface area (TPSA) is 81.7 Å². The average Bonchev–Trinajstić information content (AvgIpc) is 3.03. The summed E-state index contributed by atoms with van der Waals surface area (Å²) >= 11 is 1.47. The molecule has 3 heterocycles. The highest BCUT2D eigenvalue weighted by molar-refractivity contribution is 7.98. The van der Waals surface area contributed by atoms with Crippen LogP contribution in [0.3, 0.4) is 0 Å². The minimum atomic E-state index is 0.593. The number of nitrogens with zero attached hydrogens (tertiary/aromatic N) is 5. The first kappa shape index (κ1) is 12.9. The van der Waals surface area contributed by atoms with Crippen molar-refractivity contribution in [1.29, 1.82) is 0 Å². The third-order valence-corrected chi connectivity index (χ3v) is 3.63. The van der Waals surface area contributed by atoms with Crippen molar-refractivity contribution >= 4 is 28.6 Å². The zero-order chi connectivity index (χ0) is 14.1. The first-order valence-corrected chi connectivity index (χ1v) is 7.07. The second-order valence-electron chi connectivity index (χ2n) is 4.29. The van der Waals surface area contributed by atoms with E-state index in [9.17, 15) is 0 Å². The molecule has 20 heavy (non-hydrogen) atoms. The number of thioether (sulfide) groups is 1. The van der Waals surface area contributed by atoms with Crippen LogP contribution < -0.4 is 5.32 Å². The van der Waals surface area contributed by atoms with Gasteiger partial charge in [-0.25, -0.2) is 15.0 Å². The summed E-state index contributed by atoms with van der Waals surface area (Å²) in [5.74, 6) is 2.09. The molecule has 0 saturated heterocycles. The summed E-state index contributed by atoms with van der Waals surface area (Å²) in [7, 11) is 3.70. The Morgan fingerprint density at radius 2 is 2.20 bits per heavy atom. The van der Waals surface area contributed by atoms with Crippen LogP contribution in [0.5, 0.6) is 0 Å². The van der Waals surface area contributed by atoms with Gasteiger partial charge < -0.3 is 9.73 Å². The van der Waals surface area contributed by atoms with E-state index in [1.165, 1.54) is 11.8 Å². The van der Waals surface area contributed by atoms with E-state index in [-0.39, 0.29) is 0 Å². The van der Waals surface area contributed by atoms with Gasteiger partial charge in [0.1, 0.15) is 17.9 Å². The van der Waals surface area contributed by atoms with Crippen LogP contribution in [0.15, 0.2) is 22.1 Å². The maximum atomic E-state index is 5.30. The Bertz CT molecular complexity index is 750. The van der Waals surface area contributed by atoms with E-state index < -0.39 is 0 Å². The van der Waals surface area contributed by atoms with E-state index in [1.54, 1.807) is 17.1 Å². The molecular weight excluding hydrogens is 276 g/mol. The Balaban J connectivity index is 1.89. The number of nitrogens with one attached hydrogen (secondary N) is 1. The van der Waals surface area contributed by atoms with E-state index in [4.69, 9.17) is 4.42 Å². The van der Waals surface area contributed by atoms with Gasteiger partial charge in [0.25, 0.3) is 5.22 Å². The van der Waals surface area contributed by atoms with Gasteiger partial charge in [0.15, 0.2) is 5.65 Å². The van der Waals surface area contributed by atoms with Crippen LogP contribution in [0, 0.1) is 6.92 Å². The monoisotopic (exact) mass is 290 g/mol. The summed E-state index contributed by atoms with van der Waals surface area (Å²) in [6.07, 6.45) is 3.39. The summed E-state index contributed by atoms with van der Waals surface area (Å²) in [5, 5.41) is 8.82.